The Kier molecular flexibility index (Phi) is 11.4. The number of carbonyl (C=O) groups is 2. The first-order chi connectivity index (χ1) is 14.2. The molecule has 1 aromatic heterocycles. The van der Waals surface area contributed by atoms with E-state index in [1.54, 1.807) is 11.3 Å². The second-order valence-corrected chi connectivity index (χ2v) is 8.26. The van der Waals surface area contributed by atoms with Crippen LogP contribution in [0.5, 0.6) is 0 Å². The first-order valence-electron chi connectivity index (χ1n) is 10.3. The monoisotopic (exact) mass is 428 g/mol. The van der Waals surface area contributed by atoms with Crippen molar-refractivity contribution in [2.45, 2.75) is 59.3 Å². The molecule has 8 heteroatoms. The Morgan fingerprint density at radius 3 is 2.30 bits per heavy atom. The lowest BCUT2D eigenvalue weighted by Gasteiger charge is -2.23. The number of benzene rings is 1. The molecule has 0 saturated heterocycles. The zero-order valence-corrected chi connectivity index (χ0v) is 19.5. The standard InChI is InChI=1S/C19H26N4O2S.C3H7B/c1-4-5-10-23(17(24)11-20)19(25)22-13(2)15-6-8-16(9-7-15)18-14(3)21-12-26-18;1-3(2)4/h6-9,12-13H,4-5,10-11,20H2,1-3H3,(H,22,25);3H,1-2H3. The van der Waals surface area contributed by atoms with Crippen molar-refractivity contribution in [1.82, 2.24) is 15.2 Å². The summed E-state index contributed by atoms with van der Waals surface area (Å²) >= 11 is 1.61. The number of aromatic nitrogens is 1. The van der Waals surface area contributed by atoms with Crippen molar-refractivity contribution in [2.75, 3.05) is 13.1 Å². The summed E-state index contributed by atoms with van der Waals surface area (Å²) < 4.78 is 0. The number of nitrogens with one attached hydrogen (secondary N) is 1. The van der Waals surface area contributed by atoms with E-state index >= 15 is 0 Å². The predicted molar refractivity (Wildman–Crippen MR) is 126 cm³/mol. The van der Waals surface area contributed by atoms with Crippen LogP contribution < -0.4 is 11.1 Å². The maximum atomic E-state index is 12.5. The summed E-state index contributed by atoms with van der Waals surface area (Å²) in [5.41, 5.74) is 10.3. The minimum Gasteiger partial charge on any atom is -0.331 e. The number of hydrogen-bond acceptors (Lipinski definition) is 5. The van der Waals surface area contributed by atoms with Crippen molar-refractivity contribution >= 4 is 31.1 Å². The molecule has 2 aromatic rings. The molecule has 0 aliphatic heterocycles. The summed E-state index contributed by atoms with van der Waals surface area (Å²) in [6, 6.07) is 7.41. The zero-order valence-electron chi connectivity index (χ0n) is 18.6. The largest absolute Gasteiger partial charge is 0.331 e. The molecule has 2 rings (SSSR count). The fraction of sp³-hybridized carbons (Fsp3) is 0.500. The number of amides is 3. The van der Waals surface area contributed by atoms with Crippen LogP contribution in [0.2, 0.25) is 5.82 Å². The second-order valence-electron chi connectivity index (χ2n) is 7.41. The number of urea groups is 1. The molecule has 6 nitrogen and oxygen atoms in total. The molecule has 0 aliphatic rings. The van der Waals surface area contributed by atoms with Crippen LogP contribution in [0.4, 0.5) is 4.79 Å². The number of aryl methyl sites for hydroxylation is 1. The van der Waals surface area contributed by atoms with Crippen LogP contribution in [0.15, 0.2) is 29.8 Å². The number of unbranched alkanes of at least 4 members (excludes halogenated alkanes) is 1. The highest BCUT2D eigenvalue weighted by Crippen LogP contribution is 2.28. The van der Waals surface area contributed by atoms with E-state index < -0.39 is 6.03 Å². The molecule has 30 heavy (non-hydrogen) atoms. The molecule has 3 N–H and O–H groups in total. The molecule has 0 saturated carbocycles. The minimum atomic E-state index is -0.399. The van der Waals surface area contributed by atoms with Gasteiger partial charge in [0.2, 0.25) is 5.91 Å². The van der Waals surface area contributed by atoms with Crippen molar-refractivity contribution in [3.63, 3.8) is 0 Å². The van der Waals surface area contributed by atoms with Gasteiger partial charge in [0.05, 0.1) is 36.5 Å². The molecule has 0 aliphatic carbocycles. The maximum Gasteiger partial charge on any atom is 0.324 e. The van der Waals surface area contributed by atoms with Crippen molar-refractivity contribution in [2.24, 2.45) is 5.73 Å². The fourth-order valence-electron chi connectivity index (χ4n) is 2.61. The third kappa shape index (κ3) is 8.28. The lowest BCUT2D eigenvalue weighted by Crippen LogP contribution is -2.47. The van der Waals surface area contributed by atoms with Gasteiger partial charge in [-0.1, -0.05) is 57.3 Å². The molecular formula is C22H33BN4O2S. The summed E-state index contributed by atoms with van der Waals surface area (Å²) in [6.07, 6.45) is 1.66. The summed E-state index contributed by atoms with van der Waals surface area (Å²) in [6.45, 7) is 10.00. The Morgan fingerprint density at radius 2 is 1.83 bits per heavy atom. The van der Waals surface area contributed by atoms with E-state index in [0.717, 1.165) is 34.5 Å². The van der Waals surface area contributed by atoms with Gasteiger partial charge in [-0.15, -0.1) is 11.3 Å². The van der Waals surface area contributed by atoms with Crippen LogP contribution in [-0.4, -0.2) is 42.8 Å². The van der Waals surface area contributed by atoms with Gasteiger partial charge in [-0.2, -0.15) is 0 Å². The van der Waals surface area contributed by atoms with E-state index in [-0.39, 0.29) is 18.5 Å². The predicted octanol–water partition coefficient (Wildman–Crippen LogP) is 4.46. The van der Waals surface area contributed by atoms with Crippen molar-refractivity contribution in [3.05, 3.63) is 41.0 Å². The number of nitrogens with two attached hydrogens (primary N) is 1. The van der Waals surface area contributed by atoms with Crippen LogP contribution in [0, 0.1) is 6.92 Å². The van der Waals surface area contributed by atoms with Gasteiger partial charge in [0, 0.05) is 6.54 Å². The van der Waals surface area contributed by atoms with Crippen molar-refractivity contribution < 1.29 is 9.59 Å². The normalized spacial score (nSPS) is 11.4. The van der Waals surface area contributed by atoms with Gasteiger partial charge in [0.25, 0.3) is 0 Å². The van der Waals surface area contributed by atoms with E-state index in [0.29, 0.717) is 12.4 Å². The molecule has 3 amide bonds. The van der Waals surface area contributed by atoms with Crippen LogP contribution >= 0.6 is 11.3 Å². The highest BCUT2D eigenvalue weighted by molar-refractivity contribution is 7.13. The maximum absolute atomic E-state index is 12.5. The topological polar surface area (TPSA) is 88.3 Å². The minimum absolute atomic E-state index is 0.172. The summed E-state index contributed by atoms with van der Waals surface area (Å²) in [5, 5.41) is 2.89. The van der Waals surface area contributed by atoms with Gasteiger partial charge >= 0.3 is 6.03 Å². The number of rotatable bonds is 7. The van der Waals surface area contributed by atoms with Crippen LogP contribution in [0.3, 0.4) is 0 Å². The molecule has 0 fully saturated rings. The Bertz CT molecular complexity index is 790. The van der Waals surface area contributed by atoms with Crippen LogP contribution in [-0.2, 0) is 4.79 Å². The van der Waals surface area contributed by atoms with Gasteiger partial charge < -0.3 is 11.1 Å². The molecule has 1 unspecified atom stereocenters. The first-order valence-corrected chi connectivity index (χ1v) is 11.2. The Labute approximate surface area is 185 Å². The summed E-state index contributed by atoms with van der Waals surface area (Å²) in [4.78, 5) is 31.0. The highest BCUT2D eigenvalue weighted by atomic mass is 32.1. The lowest BCUT2D eigenvalue weighted by molar-refractivity contribution is -0.126. The number of carbonyl (C=O) groups excluding carboxylic acids is 2. The van der Waals surface area contributed by atoms with Crippen LogP contribution in [0.1, 0.15) is 57.8 Å². The quantitative estimate of drug-likeness (QED) is 0.638. The van der Waals surface area contributed by atoms with Gasteiger partial charge in [-0.3, -0.25) is 9.69 Å². The molecule has 2 radical (unpaired) electrons. The van der Waals surface area contributed by atoms with Gasteiger partial charge in [-0.25, -0.2) is 9.78 Å². The number of nitrogens with zero attached hydrogens (tertiary/aromatic N) is 2. The third-order valence-electron chi connectivity index (χ3n) is 4.21. The molecular weight excluding hydrogens is 395 g/mol. The Morgan fingerprint density at radius 1 is 1.23 bits per heavy atom. The van der Waals surface area contributed by atoms with Crippen molar-refractivity contribution in [1.29, 1.82) is 0 Å². The first kappa shape index (κ1) is 25.9. The number of hydrogen-bond donors (Lipinski definition) is 2. The van der Waals surface area contributed by atoms with E-state index in [4.69, 9.17) is 13.6 Å². The Balaban J connectivity index is 0.00000103. The Hall–Kier alpha value is -2.19. The van der Waals surface area contributed by atoms with Gasteiger partial charge in [0.1, 0.15) is 0 Å². The highest BCUT2D eigenvalue weighted by Gasteiger charge is 2.21. The lowest BCUT2D eigenvalue weighted by atomic mass is 9.93. The molecule has 0 spiro atoms. The average molecular weight is 428 g/mol. The molecule has 1 aromatic carbocycles. The molecule has 1 atom stereocenters. The third-order valence-corrected chi connectivity index (χ3v) is 5.19. The molecule has 1 heterocycles. The van der Waals surface area contributed by atoms with E-state index in [1.165, 1.54) is 4.90 Å². The smallest absolute Gasteiger partial charge is 0.324 e. The van der Waals surface area contributed by atoms with Crippen LogP contribution in [0.25, 0.3) is 10.4 Å². The SMILES string of the molecule is CCCCN(C(=O)CN)C(=O)NC(C)c1ccc(-c2scnc2C)cc1.[B]C(C)C. The molecule has 0 bridgehead atoms. The average Bonchev–Trinajstić information content (AvgIpc) is 3.13. The van der Waals surface area contributed by atoms with Crippen molar-refractivity contribution in [3.8, 4) is 10.4 Å². The summed E-state index contributed by atoms with van der Waals surface area (Å²) in [7, 11) is 5.11. The van der Waals surface area contributed by atoms with E-state index in [2.05, 4.69) is 10.3 Å². The zero-order chi connectivity index (χ0) is 22.7. The second kappa shape index (κ2) is 13.2. The molecule has 162 valence electrons. The van der Waals surface area contributed by atoms with Gasteiger partial charge in [0.15, 0.2) is 0 Å². The van der Waals surface area contributed by atoms with Gasteiger partial charge in [-0.05, 0) is 31.4 Å². The van der Waals surface area contributed by atoms with E-state index in [1.807, 2.05) is 64.4 Å². The number of imide groups is 1. The summed E-state index contributed by atoms with van der Waals surface area (Å²) in [5.74, 6) is -0.0285. The number of thiazole rings is 1. The fourth-order valence-corrected chi connectivity index (χ4v) is 3.43. The van der Waals surface area contributed by atoms with E-state index in [9.17, 15) is 9.59 Å².